The number of alkyl halides is 3. The van der Waals surface area contributed by atoms with E-state index in [0.717, 1.165) is 6.07 Å². The minimum absolute atomic E-state index is 0.0359. The molecule has 0 bridgehead atoms. The van der Waals surface area contributed by atoms with Crippen LogP contribution in [0.3, 0.4) is 0 Å². The Balaban J connectivity index is 2.18. The van der Waals surface area contributed by atoms with Crippen molar-refractivity contribution in [2.75, 3.05) is 14.2 Å². The lowest BCUT2D eigenvalue weighted by atomic mass is 9.85. The van der Waals surface area contributed by atoms with Crippen molar-refractivity contribution >= 4 is 15.9 Å². The molecule has 1 aliphatic carbocycles. The summed E-state index contributed by atoms with van der Waals surface area (Å²) < 4.78 is 69.9. The molecule has 0 aliphatic heterocycles. The second-order valence-electron chi connectivity index (χ2n) is 6.15. The van der Waals surface area contributed by atoms with Crippen molar-refractivity contribution in [2.45, 2.75) is 42.8 Å². The van der Waals surface area contributed by atoms with E-state index >= 15 is 0 Å². The predicted octanol–water partition coefficient (Wildman–Crippen LogP) is 2.45. The highest BCUT2D eigenvalue weighted by Crippen LogP contribution is 2.37. The van der Waals surface area contributed by atoms with Gasteiger partial charge in [0.15, 0.2) is 0 Å². The van der Waals surface area contributed by atoms with E-state index in [1.54, 1.807) is 0 Å². The second-order valence-corrected chi connectivity index (χ2v) is 8.00. The summed E-state index contributed by atoms with van der Waals surface area (Å²) in [7, 11) is -1.34. The van der Waals surface area contributed by atoms with Crippen LogP contribution in [0, 0.1) is 5.92 Å². The van der Waals surface area contributed by atoms with Gasteiger partial charge >= 0.3 is 6.18 Å². The van der Waals surface area contributed by atoms with Gasteiger partial charge in [0.2, 0.25) is 10.0 Å². The van der Waals surface area contributed by atoms with Gasteiger partial charge in [0, 0.05) is 11.6 Å². The molecule has 0 spiro atoms. The molecule has 2 rings (SSSR count). The Morgan fingerprint density at radius 2 is 1.96 bits per heavy atom. The minimum Gasteiger partial charge on any atom is -0.495 e. The summed E-state index contributed by atoms with van der Waals surface area (Å²) in [6.45, 7) is 0. The van der Waals surface area contributed by atoms with E-state index in [1.165, 1.54) is 26.3 Å². The number of carbonyl (C=O) groups is 1. The highest BCUT2D eigenvalue weighted by Gasteiger charge is 2.42. The molecule has 1 aliphatic rings. The molecule has 6 nitrogen and oxygen atoms in total. The fourth-order valence-electron chi connectivity index (χ4n) is 3.02. The van der Waals surface area contributed by atoms with E-state index < -0.39 is 34.1 Å². The third kappa shape index (κ3) is 4.67. The van der Waals surface area contributed by atoms with Crippen LogP contribution in [0.4, 0.5) is 13.2 Å². The average Bonchev–Trinajstić information content (AvgIpc) is 2.60. The van der Waals surface area contributed by atoms with Gasteiger partial charge in [-0.1, -0.05) is 6.42 Å². The number of ether oxygens (including phenoxy) is 1. The van der Waals surface area contributed by atoms with E-state index in [0.29, 0.717) is 12.8 Å². The van der Waals surface area contributed by atoms with E-state index in [-0.39, 0.29) is 29.1 Å². The number of benzene rings is 1. The van der Waals surface area contributed by atoms with E-state index in [9.17, 15) is 26.4 Å². The van der Waals surface area contributed by atoms with Crippen molar-refractivity contribution in [3.8, 4) is 5.75 Å². The van der Waals surface area contributed by atoms with Crippen LogP contribution in [-0.4, -0.2) is 40.7 Å². The number of hydrogen-bond donors (Lipinski definition) is 2. The van der Waals surface area contributed by atoms with Gasteiger partial charge in [-0.25, -0.2) is 13.1 Å². The van der Waals surface area contributed by atoms with Crippen molar-refractivity contribution in [3.63, 3.8) is 0 Å². The van der Waals surface area contributed by atoms with Crippen LogP contribution in [0.15, 0.2) is 23.1 Å². The first-order valence-electron chi connectivity index (χ1n) is 8.07. The highest BCUT2D eigenvalue weighted by atomic mass is 32.2. The minimum atomic E-state index is -4.28. The molecule has 10 heteroatoms. The fourth-order valence-corrected chi connectivity index (χ4v) is 3.94. The first kappa shape index (κ1) is 20.5. The summed E-state index contributed by atoms with van der Waals surface area (Å²) in [5.74, 6) is -1.99. The monoisotopic (exact) mass is 394 g/mol. The predicted molar refractivity (Wildman–Crippen MR) is 88.5 cm³/mol. The van der Waals surface area contributed by atoms with Crippen LogP contribution < -0.4 is 14.8 Å². The SMILES string of the molecule is CNS(=O)(=O)c1cc(C(=O)NC2CCCC(C(F)(F)F)C2)ccc1OC. The van der Waals surface area contributed by atoms with Crippen LogP contribution in [0.25, 0.3) is 0 Å². The number of rotatable bonds is 5. The van der Waals surface area contributed by atoms with Gasteiger partial charge in [0.1, 0.15) is 10.6 Å². The zero-order valence-corrected chi connectivity index (χ0v) is 15.2. The summed E-state index contributed by atoms with van der Waals surface area (Å²) in [4.78, 5) is 12.2. The van der Waals surface area contributed by atoms with Crippen molar-refractivity contribution < 1.29 is 31.1 Å². The molecule has 1 saturated carbocycles. The number of nitrogens with one attached hydrogen (secondary N) is 2. The lowest BCUT2D eigenvalue weighted by Gasteiger charge is -2.31. The fraction of sp³-hybridized carbons (Fsp3) is 0.562. The van der Waals surface area contributed by atoms with Crippen molar-refractivity contribution in [3.05, 3.63) is 23.8 Å². The Hall–Kier alpha value is -1.81. The summed E-state index contributed by atoms with van der Waals surface area (Å²) in [6.07, 6.45) is -3.57. The zero-order chi connectivity index (χ0) is 19.5. The second kappa shape index (κ2) is 7.83. The summed E-state index contributed by atoms with van der Waals surface area (Å²) >= 11 is 0. The quantitative estimate of drug-likeness (QED) is 0.804. The molecule has 1 fully saturated rings. The van der Waals surface area contributed by atoms with Crippen molar-refractivity contribution in [1.29, 1.82) is 0 Å². The Morgan fingerprint density at radius 1 is 1.27 bits per heavy atom. The number of methoxy groups -OCH3 is 1. The van der Waals surface area contributed by atoms with Crippen LogP contribution in [0.2, 0.25) is 0 Å². The molecule has 2 unspecified atom stereocenters. The lowest BCUT2D eigenvalue weighted by molar-refractivity contribution is -0.183. The van der Waals surface area contributed by atoms with Gasteiger partial charge in [0.05, 0.1) is 13.0 Å². The van der Waals surface area contributed by atoms with Gasteiger partial charge in [0.25, 0.3) is 5.91 Å². The molecule has 146 valence electrons. The lowest BCUT2D eigenvalue weighted by Crippen LogP contribution is -2.41. The number of hydrogen-bond acceptors (Lipinski definition) is 4. The Kier molecular flexibility index (Phi) is 6.17. The molecular weight excluding hydrogens is 373 g/mol. The molecular formula is C16H21F3N2O4S. The van der Waals surface area contributed by atoms with Crippen LogP contribution in [0.1, 0.15) is 36.0 Å². The van der Waals surface area contributed by atoms with Gasteiger partial charge in [-0.3, -0.25) is 4.79 Å². The van der Waals surface area contributed by atoms with E-state index in [1.807, 2.05) is 0 Å². The Labute approximate surface area is 150 Å². The number of halogens is 3. The smallest absolute Gasteiger partial charge is 0.391 e. The molecule has 26 heavy (non-hydrogen) atoms. The Bertz CT molecular complexity index is 765. The van der Waals surface area contributed by atoms with Crippen LogP contribution in [-0.2, 0) is 10.0 Å². The normalized spacial score (nSPS) is 21.3. The third-order valence-corrected chi connectivity index (χ3v) is 5.89. The summed E-state index contributed by atoms with van der Waals surface area (Å²) in [5.41, 5.74) is 0.0359. The van der Waals surface area contributed by atoms with Gasteiger partial charge < -0.3 is 10.1 Å². The molecule has 0 saturated heterocycles. The maximum absolute atomic E-state index is 12.9. The molecule has 2 atom stereocenters. The van der Waals surface area contributed by atoms with Gasteiger partial charge in [-0.05, 0) is 44.5 Å². The molecule has 1 aromatic rings. The summed E-state index contributed by atoms with van der Waals surface area (Å²) in [5, 5.41) is 2.58. The summed E-state index contributed by atoms with van der Waals surface area (Å²) in [6, 6.07) is 3.24. The van der Waals surface area contributed by atoms with Crippen LogP contribution in [0.5, 0.6) is 5.75 Å². The molecule has 1 aromatic carbocycles. The Morgan fingerprint density at radius 3 is 2.54 bits per heavy atom. The zero-order valence-electron chi connectivity index (χ0n) is 14.4. The van der Waals surface area contributed by atoms with Crippen LogP contribution >= 0.6 is 0 Å². The average molecular weight is 394 g/mol. The molecule has 0 heterocycles. The van der Waals surface area contributed by atoms with E-state index in [4.69, 9.17) is 4.74 Å². The first-order valence-corrected chi connectivity index (χ1v) is 9.56. The van der Waals surface area contributed by atoms with Gasteiger partial charge in [-0.15, -0.1) is 0 Å². The number of sulfonamides is 1. The highest BCUT2D eigenvalue weighted by molar-refractivity contribution is 7.89. The standard InChI is InChI=1S/C16H21F3N2O4S/c1-20-26(23,24)14-8-10(6-7-13(14)25-2)15(22)21-12-5-3-4-11(9-12)16(17,18)19/h6-8,11-12,20H,3-5,9H2,1-2H3,(H,21,22). The van der Waals surface area contributed by atoms with Gasteiger partial charge in [-0.2, -0.15) is 13.2 Å². The topological polar surface area (TPSA) is 84.5 Å². The molecule has 2 N–H and O–H groups in total. The third-order valence-electron chi connectivity index (χ3n) is 4.46. The number of carbonyl (C=O) groups excluding carboxylic acids is 1. The largest absolute Gasteiger partial charge is 0.495 e. The van der Waals surface area contributed by atoms with E-state index in [2.05, 4.69) is 10.0 Å². The maximum Gasteiger partial charge on any atom is 0.391 e. The first-order chi connectivity index (χ1) is 12.1. The van der Waals surface area contributed by atoms with Crippen molar-refractivity contribution in [2.24, 2.45) is 5.92 Å². The molecule has 1 amide bonds. The molecule has 0 radical (unpaired) electrons. The molecule has 0 aromatic heterocycles. The number of amides is 1. The maximum atomic E-state index is 12.9. The van der Waals surface area contributed by atoms with Crippen molar-refractivity contribution in [1.82, 2.24) is 10.0 Å².